The predicted octanol–water partition coefficient (Wildman–Crippen LogP) is 3.85. The zero-order valence-corrected chi connectivity index (χ0v) is 23.7. The third kappa shape index (κ3) is 6.16. The van der Waals surface area contributed by atoms with Crippen LogP contribution < -0.4 is 31.8 Å². The summed E-state index contributed by atoms with van der Waals surface area (Å²) in [5, 5.41) is 11.4. The SMILES string of the molecule is CC(C)(C)c1ccc(B2NB(c3ccc(C(C)(C)C)cc3)NB(c3ccc(C(C)(C)C)cc3)N2)cc1. The van der Waals surface area contributed by atoms with Gasteiger partial charge in [-0.25, -0.2) is 0 Å². The molecular formula is C30H42B3N3. The zero-order chi connectivity index (χ0) is 26.3. The molecule has 1 aliphatic heterocycles. The molecular weight excluding hydrogens is 435 g/mol. The fraction of sp³-hybridized carbons (Fsp3) is 0.400. The number of nitrogens with one attached hydrogen (secondary N) is 3. The van der Waals surface area contributed by atoms with Crippen molar-refractivity contribution in [1.82, 2.24) is 15.4 Å². The summed E-state index contributed by atoms with van der Waals surface area (Å²) in [7, 11) is 0. The Morgan fingerprint density at radius 3 is 0.722 bits per heavy atom. The summed E-state index contributed by atoms with van der Waals surface area (Å²) in [5.41, 5.74) is 8.22. The predicted molar refractivity (Wildman–Crippen MR) is 161 cm³/mol. The minimum atomic E-state index is 0.0276. The summed E-state index contributed by atoms with van der Waals surface area (Å²) in [6.07, 6.45) is 0. The topological polar surface area (TPSA) is 36.1 Å². The molecule has 1 aliphatic rings. The van der Waals surface area contributed by atoms with Crippen LogP contribution in [0.25, 0.3) is 0 Å². The first-order valence-electron chi connectivity index (χ1n) is 13.3. The average molecular weight is 477 g/mol. The van der Waals surface area contributed by atoms with Gasteiger partial charge in [-0.05, 0) is 49.3 Å². The third-order valence-corrected chi connectivity index (χ3v) is 7.33. The van der Waals surface area contributed by atoms with Crippen LogP contribution in [-0.4, -0.2) is 20.9 Å². The molecule has 1 heterocycles. The molecule has 1 saturated heterocycles. The maximum atomic E-state index is 3.82. The van der Waals surface area contributed by atoms with Crippen LogP contribution in [0.15, 0.2) is 72.8 Å². The quantitative estimate of drug-likeness (QED) is 0.502. The normalized spacial score (nSPS) is 15.4. The van der Waals surface area contributed by atoms with E-state index < -0.39 is 0 Å². The van der Waals surface area contributed by atoms with Crippen LogP contribution in [0.4, 0.5) is 0 Å². The molecule has 4 rings (SSSR count). The van der Waals surface area contributed by atoms with Gasteiger partial charge in [0.25, 0.3) is 0 Å². The third-order valence-electron chi connectivity index (χ3n) is 7.33. The molecule has 0 atom stereocenters. The lowest BCUT2D eigenvalue weighted by molar-refractivity contribution is 0.590. The number of benzene rings is 3. The Morgan fingerprint density at radius 2 is 0.556 bits per heavy atom. The van der Waals surface area contributed by atoms with Gasteiger partial charge in [0.2, 0.25) is 0 Å². The fourth-order valence-electron chi connectivity index (χ4n) is 4.75. The molecule has 6 heteroatoms. The largest absolute Gasteiger partial charge is 0.363 e. The minimum Gasteiger partial charge on any atom is -0.363 e. The molecule has 36 heavy (non-hydrogen) atoms. The van der Waals surface area contributed by atoms with E-state index in [1.54, 1.807) is 0 Å². The van der Waals surface area contributed by atoms with Gasteiger partial charge in [0.05, 0.1) is 0 Å². The molecule has 186 valence electrons. The van der Waals surface area contributed by atoms with Gasteiger partial charge in [0.1, 0.15) is 0 Å². The van der Waals surface area contributed by atoms with Gasteiger partial charge in [-0.2, -0.15) is 0 Å². The van der Waals surface area contributed by atoms with Crippen molar-refractivity contribution in [1.29, 1.82) is 0 Å². The molecule has 3 aromatic carbocycles. The molecule has 0 aliphatic carbocycles. The van der Waals surface area contributed by atoms with Crippen LogP contribution in [0, 0.1) is 0 Å². The van der Waals surface area contributed by atoms with Crippen LogP contribution >= 0.6 is 0 Å². The Morgan fingerprint density at radius 1 is 0.361 bits per heavy atom. The lowest BCUT2D eigenvalue weighted by Gasteiger charge is -2.34. The molecule has 0 amide bonds. The van der Waals surface area contributed by atoms with Gasteiger partial charge in [-0.15, -0.1) is 0 Å². The lowest BCUT2D eigenvalue weighted by atomic mass is 9.43. The van der Waals surface area contributed by atoms with Crippen molar-refractivity contribution in [3.63, 3.8) is 0 Å². The monoisotopic (exact) mass is 477 g/mol. The van der Waals surface area contributed by atoms with Crippen LogP contribution in [0.2, 0.25) is 0 Å². The van der Waals surface area contributed by atoms with E-state index in [9.17, 15) is 0 Å². The molecule has 0 radical (unpaired) electrons. The molecule has 0 saturated carbocycles. The smallest absolute Gasteiger partial charge is 0.320 e. The van der Waals surface area contributed by atoms with Crippen molar-refractivity contribution < 1.29 is 0 Å². The number of hydrogen-bond acceptors (Lipinski definition) is 3. The molecule has 0 bridgehead atoms. The Hall–Kier alpha value is -2.27. The van der Waals surface area contributed by atoms with Gasteiger partial charge in [-0.3, -0.25) is 0 Å². The van der Waals surface area contributed by atoms with Crippen LogP contribution in [0.3, 0.4) is 0 Å². The van der Waals surface area contributed by atoms with Crippen molar-refractivity contribution in [2.45, 2.75) is 78.6 Å². The second-order valence-electron chi connectivity index (χ2n) is 13.4. The number of hydrogen-bond donors (Lipinski definition) is 3. The first-order valence-corrected chi connectivity index (χ1v) is 13.3. The molecule has 0 aromatic heterocycles. The van der Waals surface area contributed by atoms with Gasteiger partial charge in [0.15, 0.2) is 0 Å². The summed E-state index contributed by atoms with van der Waals surface area (Å²) in [4.78, 5) is 0. The molecule has 0 spiro atoms. The van der Waals surface area contributed by atoms with Crippen LogP contribution in [0.5, 0.6) is 0 Å². The number of rotatable bonds is 3. The van der Waals surface area contributed by atoms with E-state index in [1.807, 2.05) is 0 Å². The molecule has 3 N–H and O–H groups in total. The summed E-state index contributed by atoms with van der Waals surface area (Å²) >= 11 is 0. The van der Waals surface area contributed by atoms with Gasteiger partial charge < -0.3 is 15.4 Å². The summed E-state index contributed by atoms with van der Waals surface area (Å²) in [6.45, 7) is 20.4. The highest BCUT2D eigenvalue weighted by Gasteiger charge is 2.38. The highest BCUT2D eigenvalue weighted by Crippen LogP contribution is 2.22. The second-order valence-corrected chi connectivity index (χ2v) is 13.4. The molecule has 0 unspecified atom stereocenters. The average Bonchev–Trinajstić information content (AvgIpc) is 2.82. The van der Waals surface area contributed by atoms with E-state index in [0.29, 0.717) is 0 Å². The van der Waals surface area contributed by atoms with Crippen molar-refractivity contribution in [2.75, 3.05) is 0 Å². The zero-order valence-electron chi connectivity index (χ0n) is 23.7. The molecule has 1 fully saturated rings. The second kappa shape index (κ2) is 9.89. The lowest BCUT2D eigenvalue weighted by Crippen LogP contribution is -2.83. The molecule has 3 nitrogen and oxygen atoms in total. The minimum absolute atomic E-state index is 0.0276. The van der Waals surface area contributed by atoms with Crippen LogP contribution in [0.1, 0.15) is 79.0 Å². The maximum absolute atomic E-state index is 3.82. The van der Waals surface area contributed by atoms with E-state index in [0.717, 1.165) is 0 Å². The van der Waals surface area contributed by atoms with E-state index in [1.165, 1.54) is 33.1 Å². The maximum Gasteiger partial charge on any atom is 0.320 e. The Labute approximate surface area is 220 Å². The van der Waals surface area contributed by atoms with Gasteiger partial charge in [-0.1, -0.05) is 135 Å². The fourth-order valence-corrected chi connectivity index (χ4v) is 4.75. The van der Waals surface area contributed by atoms with Crippen molar-refractivity contribution >= 4 is 37.3 Å². The highest BCUT2D eigenvalue weighted by molar-refractivity contribution is 6.99. The first-order chi connectivity index (χ1) is 16.7. The van der Waals surface area contributed by atoms with Crippen molar-refractivity contribution in [2.24, 2.45) is 0 Å². The molecule has 3 aromatic rings. The standard InChI is InChI=1S/C30H42B3N3/c1-28(2,3)22-10-16-25(17-11-22)31-34-32(26-18-12-23(13-19-26)29(4,5)6)36-33(35-31)27-20-14-24(15-21-27)30(7,8)9/h10-21,34-36H,1-9H3. The highest BCUT2D eigenvalue weighted by atomic mass is 15.1. The van der Waals surface area contributed by atoms with Gasteiger partial charge in [0, 0.05) is 0 Å². The Bertz CT molecular complexity index is 996. The van der Waals surface area contributed by atoms with Crippen molar-refractivity contribution in [3.8, 4) is 0 Å². The summed E-state index contributed by atoms with van der Waals surface area (Å²) < 4.78 is 0. The Balaban J connectivity index is 1.65. The summed E-state index contributed by atoms with van der Waals surface area (Å²) in [5.74, 6) is 0. The van der Waals surface area contributed by atoms with E-state index in [2.05, 4.69) is 151 Å². The van der Waals surface area contributed by atoms with Crippen molar-refractivity contribution in [3.05, 3.63) is 89.5 Å². The van der Waals surface area contributed by atoms with E-state index in [-0.39, 0.29) is 37.2 Å². The van der Waals surface area contributed by atoms with E-state index in [4.69, 9.17) is 0 Å². The van der Waals surface area contributed by atoms with E-state index >= 15 is 0 Å². The Kier molecular flexibility index (Phi) is 7.36. The van der Waals surface area contributed by atoms with Crippen LogP contribution in [-0.2, 0) is 16.2 Å². The summed E-state index contributed by atoms with van der Waals surface area (Å²) in [6, 6.07) is 27.1. The van der Waals surface area contributed by atoms with Gasteiger partial charge >= 0.3 is 20.9 Å². The first kappa shape index (κ1) is 26.8.